The normalized spacial score (nSPS) is 27.5. The molecular formula is C19H27N3O4. The maximum Gasteiger partial charge on any atom is 0.255 e. The third kappa shape index (κ3) is 4.09. The van der Waals surface area contributed by atoms with Gasteiger partial charge < -0.3 is 26.3 Å². The molecule has 7 nitrogen and oxygen atoms in total. The Hall–Kier alpha value is -2.28. The molecular weight excluding hydrogens is 334 g/mol. The minimum atomic E-state index is -0.577. The fourth-order valence-electron chi connectivity index (χ4n) is 4.26. The molecule has 2 atom stereocenters. The van der Waals surface area contributed by atoms with Gasteiger partial charge in [-0.1, -0.05) is 6.42 Å². The second-order valence-electron chi connectivity index (χ2n) is 7.31. The highest BCUT2D eigenvalue weighted by Gasteiger charge is 2.40. The van der Waals surface area contributed by atoms with Crippen molar-refractivity contribution in [1.82, 2.24) is 0 Å². The molecule has 26 heavy (non-hydrogen) atoms. The van der Waals surface area contributed by atoms with Crippen LogP contribution >= 0.6 is 0 Å². The molecule has 0 heterocycles. The number of amides is 2. The van der Waals surface area contributed by atoms with E-state index in [2.05, 4.69) is 5.32 Å². The second kappa shape index (κ2) is 7.95. The molecule has 2 aliphatic carbocycles. The molecule has 7 heteroatoms. The molecule has 3 rings (SSSR count). The standard InChI is InChI=1S/C19H27N3O4/c1-25-15-6-5-14(9-16(15)26-10-17(20)23)22-19(24)13-7-11-3-2-4-12(8-13)18(11)21/h5-6,9,11-13,18H,2-4,7-8,10,21H2,1H3,(H2,20,23)(H,22,24). The summed E-state index contributed by atoms with van der Waals surface area (Å²) in [7, 11) is 1.51. The number of hydrogen-bond acceptors (Lipinski definition) is 5. The summed E-state index contributed by atoms with van der Waals surface area (Å²) < 4.78 is 10.6. The van der Waals surface area contributed by atoms with E-state index in [0.29, 0.717) is 29.0 Å². The van der Waals surface area contributed by atoms with E-state index in [0.717, 1.165) is 25.7 Å². The van der Waals surface area contributed by atoms with Crippen molar-refractivity contribution in [3.63, 3.8) is 0 Å². The molecule has 2 fully saturated rings. The highest BCUT2D eigenvalue weighted by atomic mass is 16.5. The molecule has 5 N–H and O–H groups in total. The van der Waals surface area contributed by atoms with Gasteiger partial charge in [0.1, 0.15) is 0 Å². The zero-order valence-corrected chi connectivity index (χ0v) is 15.1. The fraction of sp³-hybridized carbons (Fsp3) is 0.579. The van der Waals surface area contributed by atoms with E-state index < -0.39 is 5.91 Å². The first kappa shape index (κ1) is 18.5. The first-order valence-corrected chi connectivity index (χ1v) is 9.13. The zero-order chi connectivity index (χ0) is 18.7. The van der Waals surface area contributed by atoms with Crippen molar-refractivity contribution in [3.8, 4) is 11.5 Å². The number of primary amides is 1. The molecule has 142 valence electrons. The van der Waals surface area contributed by atoms with Crippen molar-refractivity contribution in [3.05, 3.63) is 18.2 Å². The Morgan fingerprint density at radius 1 is 1.19 bits per heavy atom. The lowest BCUT2D eigenvalue weighted by Gasteiger charge is -2.43. The number of benzene rings is 1. The predicted octanol–water partition coefficient (Wildman–Crippen LogP) is 1.65. The highest BCUT2D eigenvalue weighted by molar-refractivity contribution is 5.93. The van der Waals surface area contributed by atoms with Crippen LogP contribution < -0.4 is 26.3 Å². The summed E-state index contributed by atoms with van der Waals surface area (Å²) in [5.74, 6) is 1.16. The Balaban J connectivity index is 1.67. The second-order valence-corrected chi connectivity index (χ2v) is 7.31. The minimum Gasteiger partial charge on any atom is -0.493 e. The molecule has 0 radical (unpaired) electrons. The van der Waals surface area contributed by atoms with Crippen LogP contribution in [-0.4, -0.2) is 31.6 Å². The van der Waals surface area contributed by atoms with Gasteiger partial charge in [0.15, 0.2) is 18.1 Å². The lowest BCUT2D eigenvalue weighted by Crippen LogP contribution is -2.48. The van der Waals surface area contributed by atoms with E-state index in [1.807, 2.05) is 0 Å². The molecule has 0 aromatic heterocycles. The number of carbonyl (C=O) groups is 2. The van der Waals surface area contributed by atoms with Gasteiger partial charge in [0.05, 0.1) is 7.11 Å². The van der Waals surface area contributed by atoms with E-state index in [1.165, 1.54) is 13.5 Å². The molecule has 2 bridgehead atoms. The summed E-state index contributed by atoms with van der Waals surface area (Å²) in [6, 6.07) is 5.33. The van der Waals surface area contributed by atoms with Crippen LogP contribution in [0.2, 0.25) is 0 Å². The van der Waals surface area contributed by atoms with Gasteiger partial charge in [0, 0.05) is 23.7 Å². The summed E-state index contributed by atoms with van der Waals surface area (Å²) in [4.78, 5) is 23.7. The molecule has 2 amide bonds. The SMILES string of the molecule is COc1ccc(NC(=O)C2CC3CCCC(C2)C3N)cc1OCC(N)=O. The van der Waals surface area contributed by atoms with E-state index in [1.54, 1.807) is 18.2 Å². The number of ether oxygens (including phenoxy) is 2. The van der Waals surface area contributed by atoms with Crippen molar-refractivity contribution in [1.29, 1.82) is 0 Å². The van der Waals surface area contributed by atoms with Gasteiger partial charge in [0.25, 0.3) is 5.91 Å². The first-order valence-electron chi connectivity index (χ1n) is 9.13. The van der Waals surface area contributed by atoms with Crippen LogP contribution in [0.25, 0.3) is 0 Å². The van der Waals surface area contributed by atoms with Gasteiger partial charge in [-0.2, -0.15) is 0 Å². The highest BCUT2D eigenvalue weighted by Crippen LogP contribution is 2.42. The Kier molecular flexibility index (Phi) is 5.66. The number of hydrogen-bond donors (Lipinski definition) is 3. The zero-order valence-electron chi connectivity index (χ0n) is 15.1. The van der Waals surface area contributed by atoms with Crippen LogP contribution in [-0.2, 0) is 9.59 Å². The van der Waals surface area contributed by atoms with Crippen LogP contribution in [0.5, 0.6) is 11.5 Å². The van der Waals surface area contributed by atoms with Gasteiger partial charge in [0.2, 0.25) is 5.91 Å². The monoisotopic (exact) mass is 361 g/mol. The Bertz CT molecular complexity index is 665. The predicted molar refractivity (Wildman–Crippen MR) is 97.8 cm³/mol. The lowest BCUT2D eigenvalue weighted by atomic mass is 9.65. The van der Waals surface area contributed by atoms with Crippen molar-refractivity contribution in [2.45, 2.75) is 38.1 Å². The summed E-state index contributed by atoms with van der Waals surface area (Å²) in [5.41, 5.74) is 12.0. The molecule has 1 aromatic carbocycles. The largest absolute Gasteiger partial charge is 0.493 e. The third-order valence-corrected chi connectivity index (χ3v) is 5.58. The number of carbonyl (C=O) groups excluding carboxylic acids is 2. The fourth-order valence-corrected chi connectivity index (χ4v) is 4.26. The summed E-state index contributed by atoms with van der Waals surface area (Å²) in [6.45, 7) is -0.252. The topological polar surface area (TPSA) is 117 Å². The number of rotatable bonds is 6. The first-order chi connectivity index (χ1) is 12.5. The lowest BCUT2D eigenvalue weighted by molar-refractivity contribution is -0.122. The van der Waals surface area contributed by atoms with E-state index in [-0.39, 0.29) is 24.5 Å². The molecule has 0 saturated heterocycles. The van der Waals surface area contributed by atoms with Crippen molar-refractivity contribution < 1.29 is 19.1 Å². The van der Waals surface area contributed by atoms with E-state index in [4.69, 9.17) is 20.9 Å². The van der Waals surface area contributed by atoms with Crippen LogP contribution in [0.15, 0.2) is 18.2 Å². The number of anilines is 1. The molecule has 0 spiro atoms. The van der Waals surface area contributed by atoms with Gasteiger partial charge >= 0.3 is 0 Å². The molecule has 2 saturated carbocycles. The average molecular weight is 361 g/mol. The van der Waals surface area contributed by atoms with Gasteiger partial charge in [-0.3, -0.25) is 9.59 Å². The van der Waals surface area contributed by atoms with Crippen LogP contribution in [0.3, 0.4) is 0 Å². The summed E-state index contributed by atoms with van der Waals surface area (Å²) in [6.07, 6.45) is 5.16. The van der Waals surface area contributed by atoms with E-state index >= 15 is 0 Å². The molecule has 2 aliphatic rings. The number of nitrogens with two attached hydrogens (primary N) is 2. The summed E-state index contributed by atoms with van der Waals surface area (Å²) >= 11 is 0. The average Bonchev–Trinajstić information content (AvgIpc) is 2.59. The quantitative estimate of drug-likeness (QED) is 0.712. The Labute approximate surface area is 153 Å². The van der Waals surface area contributed by atoms with E-state index in [9.17, 15) is 9.59 Å². The Morgan fingerprint density at radius 3 is 2.50 bits per heavy atom. The smallest absolute Gasteiger partial charge is 0.255 e. The van der Waals surface area contributed by atoms with Gasteiger partial charge in [-0.25, -0.2) is 0 Å². The number of fused-ring (bicyclic) bond motifs is 2. The number of methoxy groups -OCH3 is 1. The molecule has 2 unspecified atom stereocenters. The van der Waals surface area contributed by atoms with Crippen LogP contribution in [0.4, 0.5) is 5.69 Å². The molecule has 1 aromatic rings. The third-order valence-electron chi connectivity index (χ3n) is 5.58. The van der Waals surface area contributed by atoms with Crippen LogP contribution in [0, 0.1) is 17.8 Å². The maximum atomic E-state index is 12.7. The van der Waals surface area contributed by atoms with Crippen molar-refractivity contribution in [2.75, 3.05) is 19.0 Å². The summed E-state index contributed by atoms with van der Waals surface area (Å²) in [5, 5.41) is 2.96. The maximum absolute atomic E-state index is 12.7. The number of nitrogens with one attached hydrogen (secondary N) is 1. The van der Waals surface area contributed by atoms with Crippen molar-refractivity contribution in [2.24, 2.45) is 29.2 Å². The Morgan fingerprint density at radius 2 is 1.88 bits per heavy atom. The van der Waals surface area contributed by atoms with Crippen LogP contribution in [0.1, 0.15) is 32.1 Å². The van der Waals surface area contributed by atoms with Gasteiger partial charge in [-0.15, -0.1) is 0 Å². The van der Waals surface area contributed by atoms with Crippen molar-refractivity contribution >= 4 is 17.5 Å². The van der Waals surface area contributed by atoms with Gasteiger partial charge in [-0.05, 0) is 49.7 Å². The minimum absolute atomic E-state index is 0.0119. The molecule has 0 aliphatic heterocycles.